The van der Waals surface area contributed by atoms with Crippen molar-refractivity contribution in [3.05, 3.63) is 64.1 Å². The number of rotatable bonds is 5. The van der Waals surface area contributed by atoms with Crippen LogP contribution < -0.4 is 0 Å². The van der Waals surface area contributed by atoms with Gasteiger partial charge in [0.05, 0.1) is 22.0 Å². The Kier molecular flexibility index (Phi) is 4.24. The van der Waals surface area contributed by atoms with Gasteiger partial charge in [0.2, 0.25) is 0 Å². The molecule has 6 nitrogen and oxygen atoms in total. The molecule has 0 spiro atoms. The van der Waals surface area contributed by atoms with E-state index in [0.717, 1.165) is 15.4 Å². The maximum atomic E-state index is 12.3. The molecule has 22 heavy (non-hydrogen) atoms. The van der Waals surface area contributed by atoms with Crippen LogP contribution >= 0.6 is 11.3 Å². The fourth-order valence-electron chi connectivity index (χ4n) is 2.03. The lowest BCUT2D eigenvalue weighted by Gasteiger charge is -2.09. The summed E-state index contributed by atoms with van der Waals surface area (Å²) in [7, 11) is 0. The third-order valence-electron chi connectivity index (χ3n) is 3.05. The minimum atomic E-state index is -0.346. The van der Waals surface area contributed by atoms with Gasteiger partial charge in [-0.15, -0.1) is 11.3 Å². The highest BCUT2D eigenvalue weighted by molar-refractivity contribution is 7.11. The molecule has 0 bridgehead atoms. The first-order valence-electron chi connectivity index (χ1n) is 6.71. The van der Waals surface area contributed by atoms with Gasteiger partial charge in [0.1, 0.15) is 19.3 Å². The Hall–Kier alpha value is -2.54. The highest BCUT2D eigenvalue weighted by Crippen LogP contribution is 2.16. The van der Waals surface area contributed by atoms with Gasteiger partial charge in [-0.05, 0) is 18.6 Å². The summed E-state index contributed by atoms with van der Waals surface area (Å²) in [5.41, 5.74) is 1.39. The van der Waals surface area contributed by atoms with E-state index in [9.17, 15) is 4.79 Å². The molecule has 0 N–H and O–H groups in total. The average Bonchev–Trinajstić information content (AvgIpc) is 3.17. The van der Waals surface area contributed by atoms with Crippen molar-refractivity contribution in [3.8, 4) is 0 Å². The van der Waals surface area contributed by atoms with Gasteiger partial charge in [-0.2, -0.15) is 5.10 Å². The number of ether oxygens (including phenoxy) is 1. The van der Waals surface area contributed by atoms with Gasteiger partial charge in [0.15, 0.2) is 0 Å². The molecule has 3 rings (SSSR count). The summed E-state index contributed by atoms with van der Waals surface area (Å²) in [4.78, 5) is 21.3. The number of aryl methyl sites for hydroxylation is 1. The van der Waals surface area contributed by atoms with Gasteiger partial charge >= 0.3 is 5.97 Å². The van der Waals surface area contributed by atoms with Gasteiger partial charge in [-0.3, -0.25) is 0 Å². The SMILES string of the molecule is Cc1ncc(COC(=O)c2ccccc2Cn2cncn2)s1. The molecule has 0 atom stereocenters. The van der Waals surface area contributed by atoms with E-state index in [1.54, 1.807) is 23.3 Å². The Bertz CT molecular complexity index is 767. The molecule has 7 heteroatoms. The van der Waals surface area contributed by atoms with Gasteiger partial charge in [-0.1, -0.05) is 18.2 Å². The van der Waals surface area contributed by atoms with Crippen molar-refractivity contribution in [1.82, 2.24) is 19.7 Å². The standard InChI is InChI=1S/C15H14N4O2S/c1-11-17-6-13(22-11)8-21-15(20)14-5-3-2-4-12(14)7-19-10-16-9-18-19/h2-6,9-10H,7-8H2,1H3. The third kappa shape index (κ3) is 3.37. The number of nitrogens with zero attached hydrogens (tertiary/aromatic N) is 4. The van der Waals surface area contributed by atoms with Crippen molar-refractivity contribution in [1.29, 1.82) is 0 Å². The van der Waals surface area contributed by atoms with E-state index < -0.39 is 0 Å². The van der Waals surface area contributed by atoms with Crippen LogP contribution in [0, 0.1) is 6.92 Å². The Morgan fingerprint density at radius 2 is 2.23 bits per heavy atom. The molecule has 0 fully saturated rings. The minimum Gasteiger partial charge on any atom is -0.456 e. The van der Waals surface area contributed by atoms with Crippen LogP contribution in [0.1, 0.15) is 25.8 Å². The zero-order valence-electron chi connectivity index (χ0n) is 12.0. The predicted molar refractivity (Wildman–Crippen MR) is 81.5 cm³/mol. The summed E-state index contributed by atoms with van der Waals surface area (Å²) >= 11 is 1.52. The zero-order valence-corrected chi connectivity index (χ0v) is 12.8. The van der Waals surface area contributed by atoms with Crippen molar-refractivity contribution in [3.63, 3.8) is 0 Å². The zero-order chi connectivity index (χ0) is 15.4. The smallest absolute Gasteiger partial charge is 0.338 e. The van der Waals surface area contributed by atoms with Crippen LogP contribution in [-0.4, -0.2) is 25.7 Å². The van der Waals surface area contributed by atoms with Crippen molar-refractivity contribution in [2.45, 2.75) is 20.1 Å². The average molecular weight is 314 g/mol. The van der Waals surface area contributed by atoms with E-state index in [-0.39, 0.29) is 12.6 Å². The summed E-state index contributed by atoms with van der Waals surface area (Å²) in [6, 6.07) is 7.34. The van der Waals surface area contributed by atoms with E-state index >= 15 is 0 Å². The Balaban J connectivity index is 1.71. The molecular weight excluding hydrogens is 300 g/mol. The number of carbonyl (C=O) groups excluding carboxylic acids is 1. The van der Waals surface area contributed by atoms with Crippen molar-refractivity contribution >= 4 is 17.3 Å². The molecule has 112 valence electrons. The largest absolute Gasteiger partial charge is 0.456 e. The highest BCUT2D eigenvalue weighted by atomic mass is 32.1. The van der Waals surface area contributed by atoms with E-state index in [1.807, 2.05) is 25.1 Å². The third-order valence-corrected chi connectivity index (χ3v) is 3.94. The first-order chi connectivity index (χ1) is 10.7. The van der Waals surface area contributed by atoms with Gasteiger partial charge in [0, 0.05) is 6.20 Å². The first kappa shape index (κ1) is 14.4. The monoisotopic (exact) mass is 314 g/mol. The second-order valence-electron chi connectivity index (χ2n) is 4.67. The maximum absolute atomic E-state index is 12.3. The molecule has 0 aliphatic carbocycles. The molecule has 0 saturated heterocycles. The van der Waals surface area contributed by atoms with Crippen LogP contribution in [-0.2, 0) is 17.9 Å². The highest BCUT2D eigenvalue weighted by Gasteiger charge is 2.13. The molecule has 2 heterocycles. The summed E-state index contributed by atoms with van der Waals surface area (Å²) in [5, 5.41) is 5.01. The van der Waals surface area contributed by atoms with E-state index in [1.165, 1.54) is 17.7 Å². The normalized spacial score (nSPS) is 10.6. The topological polar surface area (TPSA) is 69.9 Å². The molecule has 1 aromatic carbocycles. The Morgan fingerprint density at radius 3 is 2.95 bits per heavy atom. The summed E-state index contributed by atoms with van der Waals surface area (Å²) in [6.07, 6.45) is 4.81. The number of hydrogen-bond acceptors (Lipinski definition) is 6. The van der Waals surface area contributed by atoms with Gasteiger partial charge < -0.3 is 4.74 Å². The number of aromatic nitrogens is 4. The molecule has 3 aromatic rings. The predicted octanol–water partition coefficient (Wildman–Crippen LogP) is 2.45. The lowest BCUT2D eigenvalue weighted by Crippen LogP contribution is -2.10. The quantitative estimate of drug-likeness (QED) is 0.677. The summed E-state index contributed by atoms with van der Waals surface area (Å²) in [6.45, 7) is 2.64. The van der Waals surface area contributed by atoms with Crippen LogP contribution in [0.4, 0.5) is 0 Å². The number of benzene rings is 1. The number of thiazole rings is 1. The van der Waals surface area contributed by atoms with Crippen molar-refractivity contribution in [2.24, 2.45) is 0 Å². The van der Waals surface area contributed by atoms with Crippen LogP contribution in [0.3, 0.4) is 0 Å². The second kappa shape index (κ2) is 6.48. The maximum Gasteiger partial charge on any atom is 0.338 e. The van der Waals surface area contributed by atoms with E-state index in [4.69, 9.17) is 4.74 Å². The van der Waals surface area contributed by atoms with E-state index in [2.05, 4.69) is 15.1 Å². The van der Waals surface area contributed by atoms with Crippen LogP contribution in [0.15, 0.2) is 43.1 Å². The van der Waals surface area contributed by atoms with Gasteiger partial charge in [-0.25, -0.2) is 19.4 Å². The fraction of sp³-hybridized carbons (Fsp3) is 0.200. The Morgan fingerprint density at radius 1 is 1.36 bits per heavy atom. The number of carbonyl (C=O) groups is 1. The Labute approximate surface area is 131 Å². The fourth-order valence-corrected chi connectivity index (χ4v) is 2.74. The minimum absolute atomic E-state index is 0.238. The molecule has 0 aliphatic rings. The molecule has 0 amide bonds. The molecule has 0 aliphatic heterocycles. The molecule has 0 unspecified atom stereocenters. The van der Waals surface area contributed by atoms with Crippen LogP contribution in [0.5, 0.6) is 0 Å². The van der Waals surface area contributed by atoms with Crippen molar-refractivity contribution in [2.75, 3.05) is 0 Å². The lowest BCUT2D eigenvalue weighted by atomic mass is 10.1. The lowest BCUT2D eigenvalue weighted by molar-refractivity contribution is 0.0475. The number of esters is 1. The summed E-state index contributed by atoms with van der Waals surface area (Å²) in [5.74, 6) is -0.346. The molecule has 0 radical (unpaired) electrons. The summed E-state index contributed by atoms with van der Waals surface area (Å²) < 4.78 is 7.04. The van der Waals surface area contributed by atoms with E-state index in [0.29, 0.717) is 12.1 Å². The van der Waals surface area contributed by atoms with Crippen LogP contribution in [0.2, 0.25) is 0 Å². The second-order valence-corrected chi connectivity index (χ2v) is 5.99. The number of hydrogen-bond donors (Lipinski definition) is 0. The molecular formula is C15H14N4O2S. The first-order valence-corrected chi connectivity index (χ1v) is 7.53. The molecule has 0 saturated carbocycles. The van der Waals surface area contributed by atoms with Gasteiger partial charge in [0.25, 0.3) is 0 Å². The molecule has 2 aromatic heterocycles. The van der Waals surface area contributed by atoms with Crippen molar-refractivity contribution < 1.29 is 9.53 Å². The van der Waals surface area contributed by atoms with Crippen LogP contribution in [0.25, 0.3) is 0 Å².